The lowest BCUT2D eigenvalue weighted by Gasteiger charge is -2.11. The zero-order valence-corrected chi connectivity index (χ0v) is 16.4. The van der Waals surface area contributed by atoms with Crippen molar-refractivity contribution >= 4 is 29.0 Å². The van der Waals surface area contributed by atoms with E-state index in [1.165, 1.54) is 25.3 Å². The van der Waals surface area contributed by atoms with Gasteiger partial charge in [-0.15, -0.1) is 0 Å². The quantitative estimate of drug-likeness (QED) is 0.635. The van der Waals surface area contributed by atoms with Gasteiger partial charge in [0.1, 0.15) is 5.69 Å². The highest BCUT2D eigenvalue weighted by Gasteiger charge is 2.14. The monoisotopic (exact) mass is 387 g/mol. The zero-order chi connectivity index (χ0) is 21.0. The highest BCUT2D eigenvalue weighted by atomic mass is 16.2. The molecule has 0 fully saturated rings. The molecule has 2 N–H and O–H groups in total. The Hall–Kier alpha value is -3.80. The van der Waals surface area contributed by atoms with Crippen LogP contribution in [0, 0.1) is 13.8 Å². The van der Waals surface area contributed by atoms with E-state index in [0.717, 1.165) is 11.1 Å². The SMILES string of the molecule is CC(=O)c1ccc(NC(=O)c2ccnc(C(=O)Nc3cccc(C)c3C)c2)cc1. The molecule has 2 aromatic carbocycles. The number of carbonyl (C=O) groups is 3. The topological polar surface area (TPSA) is 88.2 Å². The molecule has 0 saturated heterocycles. The van der Waals surface area contributed by atoms with Crippen LogP contribution in [0.4, 0.5) is 11.4 Å². The minimum atomic E-state index is -0.390. The Balaban J connectivity index is 1.74. The summed E-state index contributed by atoms with van der Waals surface area (Å²) < 4.78 is 0. The lowest BCUT2D eigenvalue weighted by atomic mass is 10.1. The number of hydrogen-bond acceptors (Lipinski definition) is 4. The van der Waals surface area contributed by atoms with Gasteiger partial charge in [0, 0.05) is 28.7 Å². The van der Waals surface area contributed by atoms with Crippen LogP contribution in [0.3, 0.4) is 0 Å². The molecule has 0 atom stereocenters. The van der Waals surface area contributed by atoms with E-state index in [4.69, 9.17) is 0 Å². The summed E-state index contributed by atoms with van der Waals surface area (Å²) in [5.74, 6) is -0.806. The first kappa shape index (κ1) is 19.9. The Labute approximate surface area is 169 Å². The number of rotatable bonds is 5. The van der Waals surface area contributed by atoms with Gasteiger partial charge in [-0.3, -0.25) is 19.4 Å². The van der Waals surface area contributed by atoms with Crippen LogP contribution in [0.15, 0.2) is 60.8 Å². The second-order valence-electron chi connectivity index (χ2n) is 6.72. The largest absolute Gasteiger partial charge is 0.322 e. The highest BCUT2D eigenvalue weighted by Crippen LogP contribution is 2.19. The van der Waals surface area contributed by atoms with Gasteiger partial charge < -0.3 is 10.6 Å². The number of Topliss-reactive ketones (excluding diaryl/α,β-unsaturated/α-hetero) is 1. The maximum atomic E-state index is 12.6. The molecule has 146 valence electrons. The Morgan fingerprint density at radius 1 is 0.828 bits per heavy atom. The van der Waals surface area contributed by atoms with Gasteiger partial charge in [-0.05, 0) is 74.4 Å². The number of nitrogens with zero attached hydrogens (tertiary/aromatic N) is 1. The first-order valence-corrected chi connectivity index (χ1v) is 9.11. The molecule has 0 bridgehead atoms. The number of benzene rings is 2. The van der Waals surface area contributed by atoms with Gasteiger partial charge in [-0.25, -0.2) is 0 Å². The average Bonchev–Trinajstić information content (AvgIpc) is 2.72. The summed E-state index contributed by atoms with van der Waals surface area (Å²) in [6, 6.07) is 15.2. The van der Waals surface area contributed by atoms with E-state index in [1.54, 1.807) is 24.3 Å². The van der Waals surface area contributed by atoms with Gasteiger partial charge in [0.25, 0.3) is 11.8 Å². The minimum absolute atomic E-state index is 0.0449. The number of pyridine rings is 1. The maximum absolute atomic E-state index is 12.6. The van der Waals surface area contributed by atoms with Gasteiger partial charge in [0.2, 0.25) is 0 Å². The number of amides is 2. The summed E-state index contributed by atoms with van der Waals surface area (Å²) in [6.07, 6.45) is 1.42. The van der Waals surface area contributed by atoms with Crippen molar-refractivity contribution in [1.29, 1.82) is 0 Å². The predicted molar refractivity (Wildman–Crippen MR) is 113 cm³/mol. The van der Waals surface area contributed by atoms with Crippen molar-refractivity contribution in [3.05, 3.63) is 88.7 Å². The van der Waals surface area contributed by atoms with Crippen molar-refractivity contribution in [2.45, 2.75) is 20.8 Å². The molecule has 0 unspecified atom stereocenters. The summed E-state index contributed by atoms with van der Waals surface area (Å²) in [6.45, 7) is 5.38. The molecule has 29 heavy (non-hydrogen) atoms. The normalized spacial score (nSPS) is 10.3. The highest BCUT2D eigenvalue weighted by molar-refractivity contribution is 6.08. The molecule has 0 aliphatic carbocycles. The fourth-order valence-electron chi connectivity index (χ4n) is 2.76. The molecule has 0 radical (unpaired) electrons. The standard InChI is InChI=1S/C23H21N3O3/c1-14-5-4-6-20(15(14)2)26-23(29)21-13-18(11-12-24-21)22(28)25-19-9-7-17(8-10-19)16(3)27/h4-13H,1-3H3,(H,25,28)(H,26,29). The zero-order valence-electron chi connectivity index (χ0n) is 16.4. The number of aromatic nitrogens is 1. The molecule has 0 saturated carbocycles. The molecular formula is C23H21N3O3. The van der Waals surface area contributed by atoms with E-state index in [9.17, 15) is 14.4 Å². The van der Waals surface area contributed by atoms with Crippen LogP contribution in [0.5, 0.6) is 0 Å². The van der Waals surface area contributed by atoms with Crippen LogP contribution in [-0.4, -0.2) is 22.6 Å². The first-order chi connectivity index (χ1) is 13.8. The number of anilines is 2. The molecule has 6 heteroatoms. The number of nitrogens with one attached hydrogen (secondary N) is 2. The van der Waals surface area contributed by atoms with Crippen molar-refractivity contribution in [2.75, 3.05) is 10.6 Å². The summed E-state index contributed by atoms with van der Waals surface area (Å²) in [5.41, 5.74) is 4.32. The van der Waals surface area contributed by atoms with Crippen molar-refractivity contribution in [3.63, 3.8) is 0 Å². The van der Waals surface area contributed by atoms with Gasteiger partial charge >= 0.3 is 0 Å². The lowest BCUT2D eigenvalue weighted by Crippen LogP contribution is -2.17. The van der Waals surface area contributed by atoms with Crippen LogP contribution in [0.25, 0.3) is 0 Å². The van der Waals surface area contributed by atoms with Crippen molar-refractivity contribution in [3.8, 4) is 0 Å². The second-order valence-corrected chi connectivity index (χ2v) is 6.72. The van der Waals surface area contributed by atoms with Crippen LogP contribution < -0.4 is 10.6 Å². The van der Waals surface area contributed by atoms with Crippen LogP contribution >= 0.6 is 0 Å². The summed E-state index contributed by atoms with van der Waals surface area (Å²) in [7, 11) is 0. The summed E-state index contributed by atoms with van der Waals surface area (Å²) in [5, 5.41) is 5.58. The van der Waals surface area contributed by atoms with Crippen molar-refractivity contribution < 1.29 is 14.4 Å². The van der Waals surface area contributed by atoms with E-state index >= 15 is 0 Å². The molecule has 1 aromatic heterocycles. The van der Waals surface area contributed by atoms with Gasteiger partial charge in [-0.1, -0.05) is 12.1 Å². The summed E-state index contributed by atoms with van der Waals surface area (Å²) in [4.78, 5) is 40.5. The molecule has 3 aromatic rings. The van der Waals surface area contributed by atoms with E-state index in [0.29, 0.717) is 22.5 Å². The fraction of sp³-hybridized carbons (Fsp3) is 0.130. The predicted octanol–water partition coefficient (Wildman–Crippen LogP) is 4.41. The third-order valence-corrected chi connectivity index (χ3v) is 4.66. The molecule has 6 nitrogen and oxygen atoms in total. The molecule has 0 aliphatic heterocycles. The first-order valence-electron chi connectivity index (χ1n) is 9.11. The van der Waals surface area contributed by atoms with Crippen molar-refractivity contribution in [1.82, 2.24) is 4.98 Å². The third kappa shape index (κ3) is 4.73. The fourth-order valence-corrected chi connectivity index (χ4v) is 2.76. The smallest absolute Gasteiger partial charge is 0.274 e. The van der Waals surface area contributed by atoms with Crippen LogP contribution in [-0.2, 0) is 0 Å². The molecule has 0 spiro atoms. The number of hydrogen-bond donors (Lipinski definition) is 2. The number of aryl methyl sites for hydroxylation is 1. The Morgan fingerprint density at radius 2 is 1.55 bits per heavy atom. The van der Waals surface area contributed by atoms with E-state index < -0.39 is 0 Å². The summed E-state index contributed by atoms with van der Waals surface area (Å²) >= 11 is 0. The molecular weight excluding hydrogens is 366 g/mol. The second kappa shape index (κ2) is 8.48. The van der Waals surface area contributed by atoms with Gasteiger partial charge in [0.15, 0.2) is 5.78 Å². The Kier molecular flexibility index (Phi) is 5.83. The average molecular weight is 387 g/mol. The maximum Gasteiger partial charge on any atom is 0.274 e. The molecule has 3 rings (SSSR count). The third-order valence-electron chi connectivity index (χ3n) is 4.66. The van der Waals surface area contributed by atoms with E-state index in [1.807, 2.05) is 32.0 Å². The number of carbonyl (C=O) groups excluding carboxylic acids is 3. The van der Waals surface area contributed by atoms with E-state index in [-0.39, 0.29) is 23.3 Å². The number of ketones is 1. The van der Waals surface area contributed by atoms with Gasteiger partial charge in [-0.2, -0.15) is 0 Å². The van der Waals surface area contributed by atoms with E-state index in [2.05, 4.69) is 15.6 Å². The molecule has 2 amide bonds. The van der Waals surface area contributed by atoms with Crippen molar-refractivity contribution in [2.24, 2.45) is 0 Å². The van der Waals surface area contributed by atoms with Crippen LogP contribution in [0.1, 0.15) is 49.3 Å². The Morgan fingerprint density at radius 3 is 2.24 bits per heavy atom. The minimum Gasteiger partial charge on any atom is -0.322 e. The lowest BCUT2D eigenvalue weighted by molar-refractivity contribution is 0.100. The van der Waals surface area contributed by atoms with Gasteiger partial charge in [0.05, 0.1) is 0 Å². The Bertz CT molecular complexity index is 1090. The molecule has 0 aliphatic rings. The van der Waals surface area contributed by atoms with Crippen LogP contribution in [0.2, 0.25) is 0 Å². The molecule has 1 heterocycles.